The van der Waals surface area contributed by atoms with Crippen LogP contribution in [-0.4, -0.2) is 27.1 Å². The fourth-order valence-electron chi connectivity index (χ4n) is 2.71. The third-order valence-electron chi connectivity index (χ3n) is 3.94. The number of hydrogen-bond acceptors (Lipinski definition) is 4. The number of fused-ring (bicyclic) bond motifs is 3. The highest BCUT2D eigenvalue weighted by Crippen LogP contribution is 2.25. The summed E-state index contributed by atoms with van der Waals surface area (Å²) >= 11 is 0. The van der Waals surface area contributed by atoms with Gasteiger partial charge in [-0.15, -0.1) is 0 Å². The quantitative estimate of drug-likeness (QED) is 0.439. The Morgan fingerprint density at radius 2 is 1.43 bits per heavy atom. The lowest BCUT2D eigenvalue weighted by Crippen LogP contribution is -2.29. The summed E-state index contributed by atoms with van der Waals surface area (Å²) in [5.41, 5.74) is 3.96. The van der Waals surface area contributed by atoms with Gasteiger partial charge in [-0.1, -0.05) is 48.5 Å². The third kappa shape index (κ3) is 2.46. The zero-order valence-electron chi connectivity index (χ0n) is 12.2. The van der Waals surface area contributed by atoms with Gasteiger partial charge in [0.05, 0.1) is 16.7 Å². The average molecular weight is 300 g/mol. The molecule has 0 fully saturated rings. The van der Waals surface area contributed by atoms with Gasteiger partial charge in [0, 0.05) is 22.5 Å². The maximum absolute atomic E-state index is 9.18. The van der Waals surface area contributed by atoms with Crippen LogP contribution < -0.4 is 5.46 Å². The molecule has 4 nitrogen and oxygen atoms in total. The molecular weight excluding hydrogens is 287 g/mol. The second-order valence-electron chi connectivity index (χ2n) is 5.40. The molecule has 0 aliphatic heterocycles. The SMILES string of the molecule is OB(O)c1ccc(-c2ccc3ccc4cccnc4c3n2)cc1. The second-order valence-corrected chi connectivity index (χ2v) is 5.40. The molecule has 0 radical (unpaired) electrons. The van der Waals surface area contributed by atoms with Crippen molar-refractivity contribution < 1.29 is 10.0 Å². The van der Waals surface area contributed by atoms with E-state index in [4.69, 9.17) is 4.98 Å². The Morgan fingerprint density at radius 1 is 0.739 bits per heavy atom. The summed E-state index contributed by atoms with van der Waals surface area (Å²) in [7, 11) is -1.46. The Labute approximate surface area is 133 Å². The molecule has 0 bridgehead atoms. The lowest BCUT2D eigenvalue weighted by molar-refractivity contribution is 0.426. The molecule has 0 saturated carbocycles. The summed E-state index contributed by atoms with van der Waals surface area (Å²) in [6.45, 7) is 0. The number of hydrogen-bond donors (Lipinski definition) is 2. The van der Waals surface area contributed by atoms with E-state index in [0.29, 0.717) is 5.46 Å². The molecule has 0 saturated heterocycles. The van der Waals surface area contributed by atoms with Crippen LogP contribution in [0.25, 0.3) is 33.1 Å². The van der Waals surface area contributed by atoms with E-state index in [2.05, 4.69) is 4.98 Å². The van der Waals surface area contributed by atoms with E-state index in [-0.39, 0.29) is 0 Å². The predicted octanol–water partition coefficient (Wildman–Crippen LogP) is 2.13. The van der Waals surface area contributed by atoms with Gasteiger partial charge < -0.3 is 10.0 Å². The molecule has 0 unspecified atom stereocenters. The standard InChI is InChI=1S/C18H13BN2O2/c22-19(23)15-8-5-12(6-9-15)16-10-7-14-4-3-13-2-1-11-20-17(13)18(14)21-16/h1-11,22-23H. The van der Waals surface area contributed by atoms with Crippen molar-refractivity contribution in [1.82, 2.24) is 9.97 Å². The molecular formula is C18H13BN2O2. The van der Waals surface area contributed by atoms with Gasteiger partial charge in [-0.2, -0.15) is 0 Å². The van der Waals surface area contributed by atoms with Crippen LogP contribution >= 0.6 is 0 Å². The Balaban J connectivity index is 1.89. The van der Waals surface area contributed by atoms with Crippen molar-refractivity contribution in [2.45, 2.75) is 0 Å². The molecule has 0 aliphatic rings. The van der Waals surface area contributed by atoms with Crippen LogP contribution in [0.2, 0.25) is 0 Å². The fraction of sp³-hybridized carbons (Fsp3) is 0. The van der Waals surface area contributed by atoms with E-state index in [1.54, 1.807) is 18.3 Å². The number of rotatable bonds is 2. The van der Waals surface area contributed by atoms with E-state index >= 15 is 0 Å². The summed E-state index contributed by atoms with van der Waals surface area (Å²) in [5.74, 6) is 0. The highest BCUT2D eigenvalue weighted by Gasteiger charge is 2.11. The average Bonchev–Trinajstić information content (AvgIpc) is 2.61. The molecule has 4 aromatic rings. The largest absolute Gasteiger partial charge is 0.488 e. The first-order valence-electron chi connectivity index (χ1n) is 7.33. The zero-order chi connectivity index (χ0) is 15.8. The lowest BCUT2D eigenvalue weighted by atomic mass is 9.80. The van der Waals surface area contributed by atoms with E-state index in [9.17, 15) is 10.0 Å². The van der Waals surface area contributed by atoms with Crippen molar-refractivity contribution in [2.24, 2.45) is 0 Å². The van der Waals surface area contributed by atoms with E-state index < -0.39 is 7.12 Å². The van der Waals surface area contributed by atoms with Gasteiger partial charge in [-0.3, -0.25) is 4.98 Å². The van der Waals surface area contributed by atoms with E-state index in [1.807, 2.05) is 48.5 Å². The first kappa shape index (κ1) is 13.9. The van der Waals surface area contributed by atoms with Gasteiger partial charge >= 0.3 is 7.12 Å². The Morgan fingerprint density at radius 3 is 2.17 bits per heavy atom. The topological polar surface area (TPSA) is 66.2 Å². The van der Waals surface area contributed by atoms with Crippen LogP contribution in [0.15, 0.2) is 66.9 Å². The molecule has 0 amide bonds. The molecule has 0 spiro atoms. The Kier molecular flexibility index (Phi) is 3.30. The minimum atomic E-state index is -1.46. The second kappa shape index (κ2) is 5.46. The maximum atomic E-state index is 9.18. The summed E-state index contributed by atoms with van der Waals surface area (Å²) in [6, 6.07) is 19.1. The third-order valence-corrected chi connectivity index (χ3v) is 3.94. The summed E-state index contributed by atoms with van der Waals surface area (Å²) in [6.07, 6.45) is 1.77. The molecule has 2 heterocycles. The molecule has 5 heteroatoms. The van der Waals surface area contributed by atoms with Gasteiger partial charge in [-0.25, -0.2) is 4.98 Å². The highest BCUT2D eigenvalue weighted by atomic mass is 16.4. The molecule has 4 rings (SSSR count). The smallest absolute Gasteiger partial charge is 0.423 e. The van der Waals surface area contributed by atoms with Gasteiger partial charge in [0.25, 0.3) is 0 Å². The fourth-order valence-corrected chi connectivity index (χ4v) is 2.71. The Bertz CT molecular complexity index is 1000. The zero-order valence-corrected chi connectivity index (χ0v) is 12.2. The van der Waals surface area contributed by atoms with Crippen molar-refractivity contribution in [3.8, 4) is 11.3 Å². The molecule has 2 aromatic carbocycles. The van der Waals surface area contributed by atoms with Gasteiger partial charge in [0.1, 0.15) is 0 Å². The number of nitrogens with zero attached hydrogens (tertiary/aromatic N) is 2. The summed E-state index contributed by atoms with van der Waals surface area (Å²) < 4.78 is 0. The van der Waals surface area contributed by atoms with E-state index in [1.165, 1.54) is 0 Å². The highest BCUT2D eigenvalue weighted by molar-refractivity contribution is 6.58. The van der Waals surface area contributed by atoms with Crippen molar-refractivity contribution in [2.75, 3.05) is 0 Å². The van der Waals surface area contributed by atoms with Gasteiger partial charge in [0.15, 0.2) is 0 Å². The Hall–Kier alpha value is -2.76. The van der Waals surface area contributed by atoms with Crippen molar-refractivity contribution in [3.63, 3.8) is 0 Å². The monoisotopic (exact) mass is 300 g/mol. The molecule has 2 aromatic heterocycles. The molecule has 2 N–H and O–H groups in total. The molecule has 0 atom stereocenters. The van der Waals surface area contributed by atoms with Crippen LogP contribution in [0.5, 0.6) is 0 Å². The van der Waals surface area contributed by atoms with Crippen LogP contribution in [0.1, 0.15) is 0 Å². The van der Waals surface area contributed by atoms with E-state index in [0.717, 1.165) is 33.1 Å². The number of pyridine rings is 2. The minimum absolute atomic E-state index is 0.460. The van der Waals surface area contributed by atoms with Crippen molar-refractivity contribution in [1.29, 1.82) is 0 Å². The van der Waals surface area contributed by atoms with Crippen molar-refractivity contribution in [3.05, 3.63) is 66.9 Å². The van der Waals surface area contributed by atoms with Gasteiger partial charge in [-0.05, 0) is 17.6 Å². The number of benzene rings is 2. The van der Waals surface area contributed by atoms with Crippen LogP contribution in [0.4, 0.5) is 0 Å². The normalized spacial score (nSPS) is 11.0. The molecule has 23 heavy (non-hydrogen) atoms. The van der Waals surface area contributed by atoms with Crippen LogP contribution in [-0.2, 0) is 0 Å². The lowest BCUT2D eigenvalue weighted by Gasteiger charge is -2.07. The molecule has 110 valence electrons. The first-order valence-corrected chi connectivity index (χ1v) is 7.33. The van der Waals surface area contributed by atoms with Gasteiger partial charge in [0.2, 0.25) is 0 Å². The summed E-state index contributed by atoms with van der Waals surface area (Å²) in [4.78, 5) is 9.21. The molecule has 0 aliphatic carbocycles. The predicted molar refractivity (Wildman–Crippen MR) is 92.3 cm³/mol. The van der Waals surface area contributed by atoms with Crippen molar-refractivity contribution >= 4 is 34.4 Å². The number of aromatic nitrogens is 2. The van der Waals surface area contributed by atoms with Crippen LogP contribution in [0, 0.1) is 0 Å². The minimum Gasteiger partial charge on any atom is -0.423 e. The maximum Gasteiger partial charge on any atom is 0.488 e. The van der Waals surface area contributed by atoms with Crippen LogP contribution in [0.3, 0.4) is 0 Å². The summed E-state index contributed by atoms with van der Waals surface area (Å²) in [5, 5.41) is 20.5. The first-order chi connectivity index (χ1) is 11.2.